The van der Waals surface area contributed by atoms with Gasteiger partial charge in [0.15, 0.2) is 0 Å². The summed E-state index contributed by atoms with van der Waals surface area (Å²) in [5.74, 6) is 0.310. The molecule has 0 atom stereocenters. The fourth-order valence-electron chi connectivity index (χ4n) is 2.57. The van der Waals surface area contributed by atoms with Gasteiger partial charge in [-0.1, -0.05) is 6.08 Å². The summed E-state index contributed by atoms with van der Waals surface area (Å²) >= 11 is 0. The number of aromatic nitrogens is 3. The van der Waals surface area contributed by atoms with Crippen LogP contribution in [-0.2, 0) is 4.79 Å². The van der Waals surface area contributed by atoms with Crippen molar-refractivity contribution >= 4 is 11.6 Å². The molecule has 136 valence electrons. The number of nitrogens with two attached hydrogens (primary N) is 1. The Morgan fingerprint density at radius 3 is 3.04 bits per heavy atom. The Bertz CT molecular complexity index is 873. The molecular weight excluding hydrogens is 336 g/mol. The highest BCUT2D eigenvalue weighted by Crippen LogP contribution is 2.20. The van der Waals surface area contributed by atoms with E-state index in [4.69, 9.17) is 10.5 Å². The SMILES string of the molecule is COc1cncc(-c2c[nH]c(=O)c(NC3CN(C(=O)C=CCN)C3)c2)n1. The minimum atomic E-state index is -0.239. The molecule has 0 aromatic carbocycles. The van der Waals surface area contributed by atoms with Gasteiger partial charge in [-0.15, -0.1) is 0 Å². The van der Waals surface area contributed by atoms with Gasteiger partial charge in [0.2, 0.25) is 11.8 Å². The highest BCUT2D eigenvalue weighted by molar-refractivity contribution is 5.88. The lowest BCUT2D eigenvalue weighted by Gasteiger charge is -2.39. The molecule has 4 N–H and O–H groups in total. The highest BCUT2D eigenvalue weighted by Gasteiger charge is 2.29. The van der Waals surface area contributed by atoms with E-state index in [1.807, 2.05) is 0 Å². The van der Waals surface area contributed by atoms with E-state index < -0.39 is 0 Å². The second-order valence-corrected chi connectivity index (χ2v) is 5.80. The van der Waals surface area contributed by atoms with Gasteiger partial charge in [0.05, 0.1) is 31.2 Å². The zero-order chi connectivity index (χ0) is 18.5. The number of rotatable bonds is 6. The molecule has 1 saturated heterocycles. The minimum Gasteiger partial charge on any atom is -0.480 e. The molecule has 1 fully saturated rings. The number of methoxy groups -OCH3 is 1. The number of anilines is 1. The fraction of sp³-hybridized carbons (Fsp3) is 0.294. The van der Waals surface area contributed by atoms with Gasteiger partial charge in [0.1, 0.15) is 5.69 Å². The van der Waals surface area contributed by atoms with Crippen molar-refractivity contribution in [3.05, 3.63) is 47.2 Å². The second-order valence-electron chi connectivity index (χ2n) is 5.80. The Kier molecular flexibility index (Phi) is 5.28. The van der Waals surface area contributed by atoms with Crippen LogP contribution in [0.1, 0.15) is 0 Å². The zero-order valence-corrected chi connectivity index (χ0v) is 14.3. The van der Waals surface area contributed by atoms with Gasteiger partial charge in [0, 0.05) is 37.5 Å². The van der Waals surface area contributed by atoms with Crippen LogP contribution in [0.4, 0.5) is 5.69 Å². The molecule has 0 bridgehead atoms. The van der Waals surface area contributed by atoms with Crippen molar-refractivity contribution in [3.63, 3.8) is 0 Å². The van der Waals surface area contributed by atoms with E-state index in [1.165, 1.54) is 19.4 Å². The summed E-state index contributed by atoms with van der Waals surface area (Å²) < 4.78 is 5.07. The average Bonchev–Trinajstić information content (AvgIpc) is 2.63. The number of pyridine rings is 1. The van der Waals surface area contributed by atoms with E-state index in [2.05, 4.69) is 20.3 Å². The lowest BCUT2D eigenvalue weighted by atomic mass is 10.1. The van der Waals surface area contributed by atoms with Gasteiger partial charge >= 0.3 is 0 Å². The molecule has 0 spiro atoms. The van der Waals surface area contributed by atoms with Crippen molar-refractivity contribution in [2.24, 2.45) is 5.73 Å². The number of amides is 1. The van der Waals surface area contributed by atoms with E-state index in [0.717, 1.165) is 0 Å². The Morgan fingerprint density at radius 1 is 1.50 bits per heavy atom. The van der Waals surface area contributed by atoms with E-state index in [0.29, 0.717) is 42.5 Å². The van der Waals surface area contributed by atoms with Gasteiger partial charge in [-0.3, -0.25) is 14.6 Å². The standard InChI is InChI=1S/C17H20N6O3/c1-26-15-8-19-7-14(22-15)11-5-13(17(25)20-6-11)21-12-9-23(10-12)16(24)3-2-4-18/h2-3,5-8,12,21H,4,9-10,18H2,1H3,(H,20,25). The average molecular weight is 356 g/mol. The first-order valence-electron chi connectivity index (χ1n) is 8.12. The molecule has 9 nitrogen and oxygen atoms in total. The molecule has 0 unspecified atom stereocenters. The lowest BCUT2D eigenvalue weighted by molar-refractivity contribution is -0.129. The van der Waals surface area contributed by atoms with E-state index in [9.17, 15) is 9.59 Å². The topological polar surface area (TPSA) is 126 Å². The summed E-state index contributed by atoms with van der Waals surface area (Å²) in [6.07, 6.45) is 7.75. The molecule has 3 rings (SSSR count). The number of ether oxygens (including phenoxy) is 1. The Hall–Kier alpha value is -3.20. The third kappa shape index (κ3) is 3.89. The number of H-pyrrole nitrogens is 1. The fourth-order valence-corrected chi connectivity index (χ4v) is 2.57. The summed E-state index contributed by atoms with van der Waals surface area (Å²) in [6.45, 7) is 1.38. The summed E-state index contributed by atoms with van der Waals surface area (Å²) in [6, 6.07) is 1.72. The summed E-state index contributed by atoms with van der Waals surface area (Å²) in [4.78, 5) is 36.6. The molecule has 0 saturated carbocycles. The first-order valence-corrected chi connectivity index (χ1v) is 8.12. The molecule has 9 heteroatoms. The van der Waals surface area contributed by atoms with Crippen LogP contribution >= 0.6 is 0 Å². The van der Waals surface area contributed by atoms with E-state index in [1.54, 1.807) is 29.4 Å². The number of nitrogens with zero attached hydrogens (tertiary/aromatic N) is 3. The highest BCUT2D eigenvalue weighted by atomic mass is 16.5. The molecule has 1 aliphatic rings. The number of aromatic amines is 1. The molecule has 1 aliphatic heterocycles. The van der Waals surface area contributed by atoms with Gasteiger partial charge < -0.3 is 25.7 Å². The van der Waals surface area contributed by atoms with Crippen LogP contribution in [0.2, 0.25) is 0 Å². The van der Waals surface area contributed by atoms with Crippen LogP contribution in [0, 0.1) is 0 Å². The Labute approximate surface area is 149 Å². The maximum absolute atomic E-state index is 12.1. The largest absolute Gasteiger partial charge is 0.480 e. The van der Waals surface area contributed by atoms with Gasteiger partial charge in [-0.2, -0.15) is 0 Å². The quantitative estimate of drug-likeness (QED) is 0.621. The monoisotopic (exact) mass is 356 g/mol. The van der Waals surface area contributed by atoms with Gasteiger partial charge in [0.25, 0.3) is 5.56 Å². The van der Waals surface area contributed by atoms with Crippen molar-refractivity contribution in [2.45, 2.75) is 6.04 Å². The molecule has 2 aromatic rings. The van der Waals surface area contributed by atoms with E-state index in [-0.39, 0.29) is 17.5 Å². The number of hydrogen-bond acceptors (Lipinski definition) is 7. The van der Waals surface area contributed by atoms with Crippen molar-refractivity contribution in [1.82, 2.24) is 19.9 Å². The van der Waals surface area contributed by atoms with Crippen LogP contribution < -0.4 is 21.3 Å². The molecule has 26 heavy (non-hydrogen) atoms. The molecule has 0 aliphatic carbocycles. The van der Waals surface area contributed by atoms with Crippen LogP contribution in [0.3, 0.4) is 0 Å². The normalized spacial score (nSPS) is 14.3. The van der Waals surface area contributed by atoms with Crippen LogP contribution in [0.15, 0.2) is 41.6 Å². The molecule has 1 amide bonds. The number of carbonyl (C=O) groups is 1. The number of nitrogens with one attached hydrogen (secondary N) is 2. The smallest absolute Gasteiger partial charge is 0.271 e. The number of carbonyl (C=O) groups excluding carboxylic acids is 1. The second kappa shape index (κ2) is 7.79. The van der Waals surface area contributed by atoms with Crippen LogP contribution in [-0.4, -0.2) is 58.5 Å². The molecule has 0 radical (unpaired) electrons. The molecule has 3 heterocycles. The van der Waals surface area contributed by atoms with Crippen molar-refractivity contribution in [3.8, 4) is 17.1 Å². The summed E-state index contributed by atoms with van der Waals surface area (Å²) in [5, 5.41) is 3.16. The van der Waals surface area contributed by atoms with Crippen LogP contribution in [0.5, 0.6) is 5.88 Å². The summed E-state index contributed by atoms with van der Waals surface area (Å²) in [5.41, 5.74) is 6.81. The minimum absolute atomic E-state index is 0.0120. The summed E-state index contributed by atoms with van der Waals surface area (Å²) in [7, 11) is 1.51. The lowest BCUT2D eigenvalue weighted by Crippen LogP contribution is -2.57. The maximum Gasteiger partial charge on any atom is 0.271 e. The predicted molar refractivity (Wildman–Crippen MR) is 96.8 cm³/mol. The maximum atomic E-state index is 12.1. The Balaban J connectivity index is 1.69. The zero-order valence-electron chi connectivity index (χ0n) is 14.3. The molecule has 2 aromatic heterocycles. The Morgan fingerprint density at radius 2 is 2.31 bits per heavy atom. The van der Waals surface area contributed by atoms with Crippen molar-refractivity contribution in [1.29, 1.82) is 0 Å². The third-order valence-corrected chi connectivity index (χ3v) is 3.97. The first-order chi connectivity index (χ1) is 12.6. The van der Waals surface area contributed by atoms with E-state index >= 15 is 0 Å². The van der Waals surface area contributed by atoms with Crippen molar-refractivity contribution < 1.29 is 9.53 Å². The van der Waals surface area contributed by atoms with Gasteiger partial charge in [-0.05, 0) is 6.07 Å². The molecular formula is C17H20N6O3. The van der Waals surface area contributed by atoms with Crippen molar-refractivity contribution in [2.75, 3.05) is 32.1 Å². The number of likely N-dealkylation sites (tertiary alicyclic amines) is 1. The number of hydrogen-bond donors (Lipinski definition) is 3. The predicted octanol–water partition coefficient (Wildman–Crippen LogP) is -0.0219. The van der Waals surface area contributed by atoms with Gasteiger partial charge in [-0.25, -0.2) is 4.98 Å². The first kappa shape index (κ1) is 17.6. The third-order valence-electron chi connectivity index (χ3n) is 3.97. The van der Waals surface area contributed by atoms with Crippen LogP contribution in [0.25, 0.3) is 11.3 Å².